The SMILES string of the molecule is c1ccc(OP2Nc3ccccc3O2)cc1. The first-order valence-corrected chi connectivity index (χ1v) is 6.16. The Labute approximate surface area is 95.0 Å². The smallest absolute Gasteiger partial charge is 0.414 e. The highest BCUT2D eigenvalue weighted by molar-refractivity contribution is 7.50. The van der Waals surface area contributed by atoms with Crippen molar-refractivity contribution < 1.29 is 9.05 Å². The Hall–Kier alpha value is -1.73. The Morgan fingerprint density at radius 3 is 2.50 bits per heavy atom. The maximum atomic E-state index is 5.69. The number of hydrogen-bond donors (Lipinski definition) is 1. The third kappa shape index (κ3) is 1.82. The minimum Gasteiger partial charge on any atom is -0.423 e. The predicted molar refractivity (Wildman–Crippen MR) is 64.7 cm³/mol. The molecule has 0 bridgehead atoms. The van der Waals surface area contributed by atoms with Crippen LogP contribution in [0.4, 0.5) is 5.69 Å². The second-order valence-corrected chi connectivity index (χ2v) is 4.46. The summed E-state index contributed by atoms with van der Waals surface area (Å²) in [7, 11) is -1.10. The van der Waals surface area contributed by atoms with Crippen molar-refractivity contribution in [3.8, 4) is 11.5 Å². The third-order valence-electron chi connectivity index (χ3n) is 2.21. The molecule has 0 fully saturated rings. The summed E-state index contributed by atoms with van der Waals surface area (Å²) in [6, 6.07) is 17.5. The molecule has 1 heterocycles. The lowest BCUT2D eigenvalue weighted by Gasteiger charge is -2.10. The minimum atomic E-state index is -1.10. The minimum absolute atomic E-state index is 0.814. The molecule has 1 aliphatic rings. The molecule has 3 nitrogen and oxygen atoms in total. The van der Waals surface area contributed by atoms with E-state index < -0.39 is 8.53 Å². The van der Waals surface area contributed by atoms with Crippen LogP contribution < -0.4 is 14.1 Å². The van der Waals surface area contributed by atoms with Gasteiger partial charge in [-0.2, -0.15) is 0 Å². The molecule has 0 saturated heterocycles. The molecule has 0 aromatic heterocycles. The van der Waals surface area contributed by atoms with Gasteiger partial charge in [-0.05, 0) is 24.3 Å². The summed E-state index contributed by atoms with van der Waals surface area (Å²) in [6.45, 7) is 0. The van der Waals surface area contributed by atoms with Crippen LogP contribution in [-0.2, 0) is 0 Å². The molecule has 16 heavy (non-hydrogen) atoms. The number of benzene rings is 2. The van der Waals surface area contributed by atoms with E-state index in [-0.39, 0.29) is 0 Å². The van der Waals surface area contributed by atoms with Crippen LogP contribution in [0.3, 0.4) is 0 Å². The van der Waals surface area contributed by atoms with Gasteiger partial charge in [0.2, 0.25) is 0 Å². The normalized spacial score (nSPS) is 17.1. The van der Waals surface area contributed by atoms with Crippen LogP contribution >= 0.6 is 8.53 Å². The van der Waals surface area contributed by atoms with Crippen molar-refractivity contribution in [2.75, 3.05) is 5.09 Å². The molecule has 0 amide bonds. The van der Waals surface area contributed by atoms with Crippen molar-refractivity contribution in [2.24, 2.45) is 0 Å². The standard InChI is InChI=1S/C12H10NO2P/c1-2-6-10(7-3-1)14-16-13-11-8-4-5-9-12(11)15-16/h1-9,13H. The molecule has 1 aliphatic heterocycles. The van der Waals surface area contributed by atoms with Crippen molar-refractivity contribution in [3.63, 3.8) is 0 Å². The van der Waals surface area contributed by atoms with Crippen LogP contribution in [0, 0.1) is 0 Å². The number of nitrogens with one attached hydrogen (secondary N) is 1. The molecule has 2 aromatic carbocycles. The molecule has 0 saturated carbocycles. The first kappa shape index (κ1) is 9.49. The Kier molecular flexibility index (Phi) is 2.39. The summed E-state index contributed by atoms with van der Waals surface area (Å²) in [4.78, 5) is 0. The van der Waals surface area contributed by atoms with Gasteiger partial charge in [0.1, 0.15) is 5.75 Å². The molecule has 1 unspecified atom stereocenters. The Balaban J connectivity index is 1.73. The Bertz CT molecular complexity index is 464. The van der Waals surface area contributed by atoms with Gasteiger partial charge in [-0.15, -0.1) is 0 Å². The van der Waals surface area contributed by atoms with Crippen molar-refractivity contribution in [3.05, 3.63) is 54.6 Å². The predicted octanol–water partition coefficient (Wildman–Crippen LogP) is 3.80. The average Bonchev–Trinajstić information content (AvgIpc) is 2.72. The van der Waals surface area contributed by atoms with Crippen molar-refractivity contribution in [1.29, 1.82) is 0 Å². The maximum Gasteiger partial charge on any atom is 0.414 e. The average molecular weight is 231 g/mol. The molecule has 80 valence electrons. The van der Waals surface area contributed by atoms with Gasteiger partial charge in [-0.1, -0.05) is 30.3 Å². The number of rotatable bonds is 2. The lowest BCUT2D eigenvalue weighted by Crippen LogP contribution is -1.95. The molecular formula is C12H10NO2P. The van der Waals surface area contributed by atoms with Gasteiger partial charge in [0.15, 0.2) is 5.75 Å². The van der Waals surface area contributed by atoms with E-state index in [4.69, 9.17) is 9.05 Å². The molecule has 2 aromatic rings. The van der Waals surface area contributed by atoms with E-state index in [0.29, 0.717) is 0 Å². The zero-order valence-electron chi connectivity index (χ0n) is 8.46. The van der Waals surface area contributed by atoms with Gasteiger partial charge >= 0.3 is 8.53 Å². The summed E-state index contributed by atoms with van der Waals surface area (Å²) in [5.41, 5.74) is 0.990. The number of anilines is 1. The quantitative estimate of drug-likeness (QED) is 0.797. The van der Waals surface area contributed by atoms with E-state index in [1.165, 1.54) is 0 Å². The first-order valence-electron chi connectivity index (χ1n) is 4.99. The maximum absolute atomic E-state index is 5.69. The summed E-state index contributed by atoms with van der Waals surface area (Å²) in [5, 5.41) is 3.20. The van der Waals surface area contributed by atoms with Crippen LogP contribution in [0.25, 0.3) is 0 Å². The van der Waals surface area contributed by atoms with Crippen molar-refractivity contribution in [1.82, 2.24) is 0 Å². The van der Waals surface area contributed by atoms with E-state index in [1.54, 1.807) is 0 Å². The number of para-hydroxylation sites is 3. The number of hydrogen-bond acceptors (Lipinski definition) is 3. The summed E-state index contributed by atoms with van der Waals surface area (Å²) in [5.74, 6) is 1.67. The summed E-state index contributed by atoms with van der Waals surface area (Å²) in [6.07, 6.45) is 0. The first-order chi connectivity index (χ1) is 7.92. The van der Waals surface area contributed by atoms with E-state index in [1.807, 2.05) is 54.6 Å². The van der Waals surface area contributed by atoms with Crippen molar-refractivity contribution >= 4 is 14.2 Å². The van der Waals surface area contributed by atoms with Gasteiger partial charge in [-0.3, -0.25) is 5.09 Å². The molecule has 0 aliphatic carbocycles. The topological polar surface area (TPSA) is 30.5 Å². The fraction of sp³-hybridized carbons (Fsp3) is 0. The van der Waals surface area contributed by atoms with Crippen molar-refractivity contribution in [2.45, 2.75) is 0 Å². The molecular weight excluding hydrogens is 221 g/mol. The fourth-order valence-corrected chi connectivity index (χ4v) is 2.63. The third-order valence-corrected chi connectivity index (χ3v) is 3.37. The second-order valence-electron chi connectivity index (χ2n) is 3.36. The van der Waals surface area contributed by atoms with Gasteiger partial charge in [0.25, 0.3) is 0 Å². The molecule has 1 N–H and O–H groups in total. The zero-order valence-corrected chi connectivity index (χ0v) is 9.35. The number of fused-ring (bicyclic) bond motifs is 1. The largest absolute Gasteiger partial charge is 0.423 e. The lowest BCUT2D eigenvalue weighted by molar-refractivity contribution is 0.508. The van der Waals surface area contributed by atoms with E-state index in [9.17, 15) is 0 Å². The molecule has 3 rings (SSSR count). The second kappa shape index (κ2) is 4.03. The van der Waals surface area contributed by atoms with Gasteiger partial charge in [0.05, 0.1) is 5.69 Å². The van der Waals surface area contributed by atoms with Gasteiger partial charge in [0, 0.05) is 0 Å². The highest BCUT2D eigenvalue weighted by Crippen LogP contribution is 2.50. The molecule has 4 heteroatoms. The van der Waals surface area contributed by atoms with Crippen LogP contribution in [0.5, 0.6) is 11.5 Å². The van der Waals surface area contributed by atoms with Crippen LogP contribution in [0.2, 0.25) is 0 Å². The van der Waals surface area contributed by atoms with Crippen LogP contribution in [-0.4, -0.2) is 0 Å². The van der Waals surface area contributed by atoms with Crippen LogP contribution in [0.15, 0.2) is 54.6 Å². The van der Waals surface area contributed by atoms with E-state index in [0.717, 1.165) is 17.2 Å². The fourth-order valence-electron chi connectivity index (χ4n) is 1.47. The summed E-state index contributed by atoms with van der Waals surface area (Å²) >= 11 is 0. The monoisotopic (exact) mass is 231 g/mol. The zero-order chi connectivity index (χ0) is 10.8. The van der Waals surface area contributed by atoms with E-state index in [2.05, 4.69) is 5.09 Å². The van der Waals surface area contributed by atoms with E-state index >= 15 is 0 Å². The Morgan fingerprint density at radius 2 is 1.69 bits per heavy atom. The lowest BCUT2D eigenvalue weighted by atomic mass is 10.3. The Morgan fingerprint density at radius 1 is 0.938 bits per heavy atom. The van der Waals surface area contributed by atoms with Crippen LogP contribution in [0.1, 0.15) is 0 Å². The molecule has 0 spiro atoms. The highest BCUT2D eigenvalue weighted by Gasteiger charge is 2.25. The highest BCUT2D eigenvalue weighted by atomic mass is 31.2. The summed E-state index contributed by atoms with van der Waals surface area (Å²) < 4.78 is 11.3. The van der Waals surface area contributed by atoms with Gasteiger partial charge in [-0.25, -0.2) is 0 Å². The molecule has 0 radical (unpaired) electrons. The molecule has 1 atom stereocenters. The van der Waals surface area contributed by atoms with Gasteiger partial charge < -0.3 is 9.05 Å².